The summed E-state index contributed by atoms with van der Waals surface area (Å²) in [4.78, 5) is 12.3. The summed E-state index contributed by atoms with van der Waals surface area (Å²) in [6.07, 6.45) is 0. The Morgan fingerprint density at radius 2 is 1.37 bits per heavy atom. The molecule has 0 aliphatic heterocycles. The third-order valence-electron chi connectivity index (χ3n) is 2.78. The van der Waals surface area contributed by atoms with E-state index in [1.54, 1.807) is 0 Å². The lowest BCUT2D eigenvalue weighted by atomic mass is 9.91. The Kier molecular flexibility index (Phi) is 4.96. The highest BCUT2D eigenvalue weighted by atomic mass is 127. The second-order valence-corrected chi connectivity index (χ2v) is 5.99. The van der Waals surface area contributed by atoms with Gasteiger partial charge >= 0.3 is 5.97 Å². The van der Waals surface area contributed by atoms with Crippen LogP contribution in [0.1, 0.15) is 24.0 Å². The molecule has 0 radical (unpaired) electrons. The van der Waals surface area contributed by atoms with Crippen LogP contribution >= 0.6 is 22.6 Å². The quantitative estimate of drug-likeness (QED) is 0.462. The number of hydrogen-bond acceptors (Lipinski definition) is 2. The average molecular weight is 366 g/mol. The van der Waals surface area contributed by atoms with E-state index in [0.29, 0.717) is 0 Å². The molecule has 0 aromatic heterocycles. The first-order valence-corrected chi connectivity index (χ1v) is 7.37. The maximum Gasteiger partial charge on any atom is 0.318 e. The molecule has 2 rings (SSSR count). The van der Waals surface area contributed by atoms with Gasteiger partial charge in [-0.3, -0.25) is 4.79 Å². The topological polar surface area (TPSA) is 26.3 Å². The first-order chi connectivity index (χ1) is 9.18. The van der Waals surface area contributed by atoms with Crippen molar-refractivity contribution in [3.63, 3.8) is 0 Å². The van der Waals surface area contributed by atoms with E-state index in [1.807, 2.05) is 67.6 Å². The summed E-state index contributed by atoms with van der Waals surface area (Å²) >= 11 is 2.09. The van der Waals surface area contributed by atoms with Crippen LogP contribution in [-0.2, 0) is 9.53 Å². The monoisotopic (exact) mass is 366 g/mol. The van der Waals surface area contributed by atoms with Crippen LogP contribution in [0.4, 0.5) is 0 Å². The molecule has 1 atom stereocenters. The van der Waals surface area contributed by atoms with Crippen molar-refractivity contribution < 1.29 is 9.53 Å². The summed E-state index contributed by atoms with van der Waals surface area (Å²) in [7, 11) is 0. The number of alkyl halides is 1. The molecule has 2 aromatic rings. The average Bonchev–Trinajstić information content (AvgIpc) is 2.40. The smallest absolute Gasteiger partial charge is 0.318 e. The lowest BCUT2D eigenvalue weighted by Gasteiger charge is -2.18. The molecule has 0 heterocycles. The first-order valence-electron chi connectivity index (χ1n) is 6.13. The molecule has 98 valence electrons. The molecule has 19 heavy (non-hydrogen) atoms. The van der Waals surface area contributed by atoms with Gasteiger partial charge < -0.3 is 4.74 Å². The van der Waals surface area contributed by atoms with Crippen molar-refractivity contribution in [1.29, 1.82) is 0 Å². The summed E-state index contributed by atoms with van der Waals surface area (Å²) in [5.41, 5.74) is 1.91. The van der Waals surface area contributed by atoms with Crippen molar-refractivity contribution in [1.82, 2.24) is 0 Å². The summed E-state index contributed by atoms with van der Waals surface area (Å²) in [5.74, 6) is -0.570. The maximum absolute atomic E-state index is 12.3. The molecule has 1 unspecified atom stereocenters. The van der Waals surface area contributed by atoms with Gasteiger partial charge in [0.2, 0.25) is 0 Å². The number of esters is 1. The van der Waals surface area contributed by atoms with E-state index in [0.717, 1.165) is 11.1 Å². The number of carbonyl (C=O) groups excluding carboxylic acids is 1. The van der Waals surface area contributed by atoms with E-state index in [1.165, 1.54) is 0 Å². The van der Waals surface area contributed by atoms with E-state index < -0.39 is 0 Å². The summed E-state index contributed by atoms with van der Waals surface area (Å²) in [5, 5.41) is 0. The van der Waals surface area contributed by atoms with E-state index in [9.17, 15) is 4.79 Å². The molecular formula is C16H15IO2. The van der Waals surface area contributed by atoms with Crippen LogP contribution in [0.2, 0.25) is 0 Å². The fourth-order valence-corrected chi connectivity index (χ4v) is 2.23. The molecule has 3 heteroatoms. The Morgan fingerprint density at radius 1 is 0.947 bits per heavy atom. The summed E-state index contributed by atoms with van der Waals surface area (Å²) < 4.78 is 5.23. The molecule has 0 amide bonds. The number of benzene rings is 2. The second kappa shape index (κ2) is 6.70. The van der Waals surface area contributed by atoms with Crippen LogP contribution in [0, 0.1) is 0 Å². The number of carbonyl (C=O) groups is 1. The van der Waals surface area contributed by atoms with Gasteiger partial charge in [-0.15, -0.1) is 0 Å². The fourth-order valence-electron chi connectivity index (χ4n) is 1.98. The Bertz CT molecular complexity index is 483. The zero-order chi connectivity index (χ0) is 13.7. The molecule has 2 aromatic carbocycles. The number of hydrogen-bond donors (Lipinski definition) is 0. The fraction of sp³-hybridized carbons (Fsp3) is 0.188. The largest absolute Gasteiger partial charge is 0.451 e. The van der Waals surface area contributed by atoms with Gasteiger partial charge in [0.15, 0.2) is 0 Å². The Hall–Kier alpha value is -1.36. The summed E-state index contributed by atoms with van der Waals surface area (Å²) in [6.45, 7) is 1.85. The number of ether oxygens (including phenoxy) is 1. The van der Waals surface area contributed by atoms with Gasteiger partial charge in [0.05, 0.1) is 0 Å². The highest BCUT2D eigenvalue weighted by molar-refractivity contribution is 14.1. The zero-order valence-corrected chi connectivity index (χ0v) is 12.8. The van der Waals surface area contributed by atoms with Crippen LogP contribution in [0.3, 0.4) is 0 Å². The van der Waals surface area contributed by atoms with Gasteiger partial charge in [-0.05, 0) is 40.6 Å². The molecule has 0 spiro atoms. The zero-order valence-electron chi connectivity index (χ0n) is 10.6. The Labute approximate surface area is 126 Å². The first kappa shape index (κ1) is 14.1. The standard InChI is InChI=1S/C16H15IO2/c1-12(17)19-16(18)15(13-8-4-2-5-9-13)14-10-6-3-7-11-14/h2-12,15H,1H3. The Balaban J connectivity index is 2.37. The van der Waals surface area contributed by atoms with Gasteiger partial charge in [0.1, 0.15) is 10.0 Å². The second-order valence-electron chi connectivity index (χ2n) is 4.23. The molecule has 0 aliphatic carbocycles. The predicted molar refractivity (Wildman–Crippen MR) is 84.3 cm³/mol. The van der Waals surface area contributed by atoms with Crippen molar-refractivity contribution in [2.75, 3.05) is 0 Å². The molecule has 0 saturated carbocycles. The lowest BCUT2D eigenvalue weighted by molar-refractivity contribution is -0.144. The molecule has 0 N–H and O–H groups in total. The van der Waals surface area contributed by atoms with Crippen LogP contribution in [0.15, 0.2) is 60.7 Å². The van der Waals surface area contributed by atoms with Crippen molar-refractivity contribution in [3.05, 3.63) is 71.8 Å². The van der Waals surface area contributed by atoms with E-state index >= 15 is 0 Å². The van der Waals surface area contributed by atoms with Gasteiger partial charge in [-0.2, -0.15) is 0 Å². The van der Waals surface area contributed by atoms with Gasteiger partial charge in [0.25, 0.3) is 0 Å². The minimum atomic E-state index is -0.361. The molecule has 2 nitrogen and oxygen atoms in total. The molecule has 0 saturated heterocycles. The van der Waals surface area contributed by atoms with Crippen LogP contribution in [-0.4, -0.2) is 10.1 Å². The van der Waals surface area contributed by atoms with Gasteiger partial charge in [0, 0.05) is 0 Å². The minimum Gasteiger partial charge on any atom is -0.451 e. The third kappa shape index (κ3) is 3.80. The SMILES string of the molecule is CC(I)OC(=O)C(c1ccccc1)c1ccccc1. The van der Waals surface area contributed by atoms with E-state index in [2.05, 4.69) is 22.6 Å². The van der Waals surface area contributed by atoms with Crippen LogP contribution in [0.5, 0.6) is 0 Å². The van der Waals surface area contributed by atoms with E-state index in [4.69, 9.17) is 4.74 Å². The highest BCUT2D eigenvalue weighted by Crippen LogP contribution is 2.26. The van der Waals surface area contributed by atoms with Crippen molar-refractivity contribution >= 4 is 28.6 Å². The van der Waals surface area contributed by atoms with Crippen LogP contribution in [0.25, 0.3) is 0 Å². The molecule has 0 bridgehead atoms. The molecule has 0 aliphatic rings. The predicted octanol–water partition coefficient (Wildman–Crippen LogP) is 4.14. The molecular weight excluding hydrogens is 351 g/mol. The van der Waals surface area contributed by atoms with Crippen molar-refractivity contribution in [2.45, 2.75) is 17.0 Å². The number of halogens is 1. The normalized spacial score (nSPS) is 12.2. The highest BCUT2D eigenvalue weighted by Gasteiger charge is 2.24. The summed E-state index contributed by atoms with van der Waals surface area (Å²) in [6, 6.07) is 19.5. The molecule has 0 fully saturated rings. The van der Waals surface area contributed by atoms with Crippen molar-refractivity contribution in [3.8, 4) is 0 Å². The van der Waals surface area contributed by atoms with Crippen LogP contribution < -0.4 is 0 Å². The van der Waals surface area contributed by atoms with Gasteiger partial charge in [-0.1, -0.05) is 60.7 Å². The van der Waals surface area contributed by atoms with Crippen molar-refractivity contribution in [2.24, 2.45) is 0 Å². The maximum atomic E-state index is 12.3. The third-order valence-corrected chi connectivity index (χ3v) is 3.03. The minimum absolute atomic E-state index is 0.139. The lowest BCUT2D eigenvalue weighted by Crippen LogP contribution is -2.19. The number of rotatable bonds is 4. The van der Waals surface area contributed by atoms with E-state index in [-0.39, 0.29) is 16.0 Å². The van der Waals surface area contributed by atoms with Gasteiger partial charge in [-0.25, -0.2) is 0 Å². The Morgan fingerprint density at radius 3 is 1.74 bits per heavy atom.